The zero-order valence-corrected chi connectivity index (χ0v) is 9.10. The first-order valence-corrected chi connectivity index (χ1v) is 5.23. The first-order valence-electron chi connectivity index (χ1n) is 5.23. The predicted octanol–water partition coefficient (Wildman–Crippen LogP) is 0.0126. The van der Waals surface area contributed by atoms with E-state index in [1.54, 1.807) is 7.11 Å². The number of methoxy groups -OCH3 is 1. The summed E-state index contributed by atoms with van der Waals surface area (Å²) in [5.74, 6) is -0.620. The van der Waals surface area contributed by atoms with Crippen molar-refractivity contribution in [3.05, 3.63) is 0 Å². The first kappa shape index (κ1) is 9.99. The molecule has 2 saturated heterocycles. The van der Waals surface area contributed by atoms with E-state index in [2.05, 4.69) is 0 Å². The molecule has 3 rings (SSSR count). The van der Waals surface area contributed by atoms with Crippen LogP contribution >= 0.6 is 0 Å². The lowest BCUT2D eigenvalue weighted by atomic mass is 10.1. The molecule has 0 radical (unpaired) electrons. The normalized spacial score (nSPS) is 56.0. The Balaban J connectivity index is 1.88. The number of aliphatic hydroxyl groups is 1. The smallest absolute Gasteiger partial charge is 0.187 e. The Kier molecular flexibility index (Phi) is 1.81. The number of rotatable bonds is 1. The number of aliphatic hydroxyl groups excluding tert-OH is 1. The average molecular weight is 216 g/mol. The lowest BCUT2D eigenvalue weighted by Crippen LogP contribution is -2.34. The highest BCUT2D eigenvalue weighted by atomic mass is 16.8. The standard InChI is InChI=1S/C10H16O5/c1-9(2)13-6-7(14-9)10(4-5(10)11)15-8(6)12-3/h5-8,11H,4H2,1-3H3/t5?,6?,7-,8?,10-/m1/s1. The van der Waals surface area contributed by atoms with Gasteiger partial charge in [0.05, 0.1) is 6.10 Å². The van der Waals surface area contributed by atoms with E-state index in [9.17, 15) is 5.11 Å². The molecule has 1 aliphatic carbocycles. The predicted molar refractivity (Wildman–Crippen MR) is 49.1 cm³/mol. The van der Waals surface area contributed by atoms with E-state index in [4.69, 9.17) is 18.9 Å². The second kappa shape index (κ2) is 2.73. The van der Waals surface area contributed by atoms with Gasteiger partial charge in [0.1, 0.15) is 17.8 Å². The summed E-state index contributed by atoms with van der Waals surface area (Å²) in [4.78, 5) is 0. The monoisotopic (exact) mass is 216 g/mol. The highest BCUT2D eigenvalue weighted by Crippen LogP contribution is 2.56. The van der Waals surface area contributed by atoms with Gasteiger partial charge in [0, 0.05) is 13.5 Å². The third-order valence-corrected chi connectivity index (χ3v) is 3.36. The van der Waals surface area contributed by atoms with Crippen LogP contribution in [0.25, 0.3) is 0 Å². The summed E-state index contributed by atoms with van der Waals surface area (Å²) < 4.78 is 22.3. The molecule has 0 amide bonds. The molecule has 2 aliphatic heterocycles. The Morgan fingerprint density at radius 2 is 1.93 bits per heavy atom. The summed E-state index contributed by atoms with van der Waals surface area (Å²) in [6.45, 7) is 3.72. The maximum Gasteiger partial charge on any atom is 0.187 e. The Bertz CT molecular complexity index is 292. The van der Waals surface area contributed by atoms with Gasteiger partial charge in [-0.3, -0.25) is 0 Å². The van der Waals surface area contributed by atoms with Crippen molar-refractivity contribution in [3.63, 3.8) is 0 Å². The zero-order chi connectivity index (χ0) is 10.8. The minimum absolute atomic E-state index is 0.215. The van der Waals surface area contributed by atoms with Gasteiger partial charge in [-0.2, -0.15) is 0 Å². The molecule has 0 aromatic carbocycles. The van der Waals surface area contributed by atoms with Crippen molar-refractivity contribution < 1.29 is 24.1 Å². The van der Waals surface area contributed by atoms with E-state index in [1.807, 2.05) is 13.8 Å². The number of ether oxygens (including phenoxy) is 4. The molecule has 5 heteroatoms. The maximum absolute atomic E-state index is 9.63. The molecule has 3 unspecified atom stereocenters. The summed E-state index contributed by atoms with van der Waals surface area (Å²) in [7, 11) is 1.57. The lowest BCUT2D eigenvalue weighted by molar-refractivity contribution is -0.236. The summed E-state index contributed by atoms with van der Waals surface area (Å²) in [6, 6.07) is 0. The largest absolute Gasteiger partial charge is 0.390 e. The van der Waals surface area contributed by atoms with Gasteiger partial charge >= 0.3 is 0 Å². The summed E-state index contributed by atoms with van der Waals surface area (Å²) in [5.41, 5.74) is -0.584. The van der Waals surface area contributed by atoms with Crippen LogP contribution in [0.15, 0.2) is 0 Å². The fourth-order valence-electron chi connectivity index (χ4n) is 2.57. The number of hydrogen-bond donors (Lipinski definition) is 1. The second-order valence-electron chi connectivity index (χ2n) is 4.92. The van der Waals surface area contributed by atoms with Crippen LogP contribution in [0.5, 0.6) is 0 Å². The van der Waals surface area contributed by atoms with E-state index in [-0.39, 0.29) is 12.2 Å². The van der Waals surface area contributed by atoms with Crippen LogP contribution in [0, 0.1) is 0 Å². The molecular formula is C10H16O5. The number of hydrogen-bond acceptors (Lipinski definition) is 5. The van der Waals surface area contributed by atoms with Crippen molar-refractivity contribution in [2.24, 2.45) is 0 Å². The van der Waals surface area contributed by atoms with Gasteiger partial charge in [-0.1, -0.05) is 0 Å². The zero-order valence-electron chi connectivity index (χ0n) is 9.10. The van der Waals surface area contributed by atoms with Gasteiger partial charge < -0.3 is 24.1 Å². The Labute approximate surface area is 88.3 Å². The van der Waals surface area contributed by atoms with Crippen LogP contribution in [0.4, 0.5) is 0 Å². The molecule has 5 nitrogen and oxygen atoms in total. The summed E-state index contributed by atoms with van der Waals surface area (Å²) in [5, 5.41) is 9.63. The molecule has 1 N–H and O–H groups in total. The van der Waals surface area contributed by atoms with Crippen molar-refractivity contribution in [2.45, 2.75) is 56.3 Å². The molecule has 2 heterocycles. The molecule has 5 atom stereocenters. The van der Waals surface area contributed by atoms with E-state index in [1.165, 1.54) is 0 Å². The molecular weight excluding hydrogens is 200 g/mol. The van der Waals surface area contributed by atoms with Crippen LogP contribution in [0.3, 0.4) is 0 Å². The third kappa shape index (κ3) is 1.21. The van der Waals surface area contributed by atoms with Crippen molar-refractivity contribution in [3.8, 4) is 0 Å². The molecule has 0 bridgehead atoms. The Morgan fingerprint density at radius 1 is 1.27 bits per heavy atom. The molecule has 0 aromatic heterocycles. The van der Waals surface area contributed by atoms with Gasteiger partial charge in [-0.25, -0.2) is 0 Å². The van der Waals surface area contributed by atoms with E-state index >= 15 is 0 Å². The van der Waals surface area contributed by atoms with Gasteiger partial charge in [-0.05, 0) is 13.8 Å². The van der Waals surface area contributed by atoms with Gasteiger partial charge in [0.2, 0.25) is 0 Å². The number of fused-ring (bicyclic) bond motifs is 2. The van der Waals surface area contributed by atoms with Crippen LogP contribution < -0.4 is 0 Å². The summed E-state index contributed by atoms with van der Waals surface area (Å²) in [6.07, 6.45) is -0.737. The lowest BCUT2D eigenvalue weighted by Gasteiger charge is -2.23. The first-order chi connectivity index (χ1) is 6.98. The molecule has 15 heavy (non-hydrogen) atoms. The summed E-state index contributed by atoms with van der Waals surface area (Å²) >= 11 is 0. The molecule has 1 saturated carbocycles. The quantitative estimate of drug-likeness (QED) is 0.669. The maximum atomic E-state index is 9.63. The van der Waals surface area contributed by atoms with Crippen molar-refractivity contribution in [1.29, 1.82) is 0 Å². The third-order valence-electron chi connectivity index (χ3n) is 3.36. The highest BCUT2D eigenvalue weighted by molar-refractivity contribution is 5.19. The molecule has 3 fully saturated rings. The van der Waals surface area contributed by atoms with Gasteiger partial charge in [0.15, 0.2) is 12.1 Å². The van der Waals surface area contributed by atoms with E-state index in [0.29, 0.717) is 6.42 Å². The van der Waals surface area contributed by atoms with Gasteiger partial charge in [0.25, 0.3) is 0 Å². The molecule has 1 spiro atoms. The van der Waals surface area contributed by atoms with Crippen LogP contribution in [0.2, 0.25) is 0 Å². The minimum atomic E-state index is -0.620. The van der Waals surface area contributed by atoms with Crippen LogP contribution in [-0.4, -0.2) is 48.2 Å². The Hall–Kier alpha value is -0.200. The second-order valence-corrected chi connectivity index (χ2v) is 4.92. The topological polar surface area (TPSA) is 57.2 Å². The fourth-order valence-corrected chi connectivity index (χ4v) is 2.57. The van der Waals surface area contributed by atoms with Crippen molar-refractivity contribution >= 4 is 0 Å². The average Bonchev–Trinajstić information content (AvgIpc) is 2.53. The van der Waals surface area contributed by atoms with Crippen molar-refractivity contribution in [1.82, 2.24) is 0 Å². The fraction of sp³-hybridized carbons (Fsp3) is 1.00. The molecule has 0 aromatic rings. The van der Waals surface area contributed by atoms with Gasteiger partial charge in [-0.15, -0.1) is 0 Å². The van der Waals surface area contributed by atoms with Crippen molar-refractivity contribution in [2.75, 3.05) is 7.11 Å². The SMILES string of the molecule is COC1O[C@@]2(CC2O)[C@@H]2OC(C)(C)OC12. The van der Waals surface area contributed by atoms with Crippen LogP contribution in [-0.2, 0) is 18.9 Å². The van der Waals surface area contributed by atoms with Crippen LogP contribution in [0.1, 0.15) is 20.3 Å². The molecule has 3 aliphatic rings. The highest BCUT2D eigenvalue weighted by Gasteiger charge is 2.73. The van der Waals surface area contributed by atoms with E-state index < -0.39 is 23.8 Å². The minimum Gasteiger partial charge on any atom is -0.390 e. The molecule has 86 valence electrons. The Morgan fingerprint density at radius 3 is 2.47 bits per heavy atom. The van der Waals surface area contributed by atoms with E-state index in [0.717, 1.165) is 0 Å².